The first-order valence-electron chi connectivity index (χ1n) is 9.77. The van der Waals surface area contributed by atoms with E-state index in [1.807, 2.05) is 18.4 Å². The first-order chi connectivity index (χ1) is 15.2. The van der Waals surface area contributed by atoms with Gasteiger partial charge in [0.2, 0.25) is 0 Å². The SMILES string of the molecule is CSc1nc(-c2ccnc(NCc3cc4ccccc4s3)c2)c(-c2ccc(F)cc2)[nH]1. The van der Waals surface area contributed by atoms with Crippen molar-refractivity contribution in [3.05, 3.63) is 83.6 Å². The van der Waals surface area contributed by atoms with Crippen LogP contribution in [0.1, 0.15) is 4.88 Å². The highest BCUT2D eigenvalue weighted by atomic mass is 32.2. The van der Waals surface area contributed by atoms with Crippen LogP contribution in [0.3, 0.4) is 0 Å². The van der Waals surface area contributed by atoms with E-state index in [0.29, 0.717) is 6.54 Å². The molecule has 4 nitrogen and oxygen atoms in total. The molecule has 0 bridgehead atoms. The second kappa shape index (κ2) is 8.53. The molecule has 0 unspecified atom stereocenters. The van der Waals surface area contributed by atoms with Crippen LogP contribution in [0, 0.1) is 5.82 Å². The Bertz CT molecular complexity index is 1310. The van der Waals surface area contributed by atoms with E-state index in [9.17, 15) is 4.39 Å². The number of pyridine rings is 1. The van der Waals surface area contributed by atoms with Gasteiger partial charge in [0.1, 0.15) is 11.6 Å². The lowest BCUT2D eigenvalue weighted by Crippen LogP contribution is -1.99. The molecule has 31 heavy (non-hydrogen) atoms. The lowest BCUT2D eigenvalue weighted by molar-refractivity contribution is 0.628. The summed E-state index contributed by atoms with van der Waals surface area (Å²) in [5, 5.41) is 5.50. The number of hydrogen-bond donors (Lipinski definition) is 2. The lowest BCUT2D eigenvalue weighted by Gasteiger charge is -2.07. The molecule has 0 atom stereocenters. The molecule has 0 amide bonds. The topological polar surface area (TPSA) is 53.6 Å². The van der Waals surface area contributed by atoms with Crippen LogP contribution in [-0.4, -0.2) is 21.2 Å². The summed E-state index contributed by atoms with van der Waals surface area (Å²) in [4.78, 5) is 13.8. The Morgan fingerprint density at radius 3 is 2.68 bits per heavy atom. The molecule has 3 aromatic heterocycles. The van der Waals surface area contributed by atoms with Gasteiger partial charge in [-0.05, 0) is 60.2 Å². The van der Waals surface area contributed by atoms with Gasteiger partial charge in [-0.25, -0.2) is 14.4 Å². The van der Waals surface area contributed by atoms with Gasteiger partial charge in [0, 0.05) is 26.9 Å². The maximum atomic E-state index is 13.4. The van der Waals surface area contributed by atoms with Crippen molar-refractivity contribution in [1.82, 2.24) is 15.0 Å². The van der Waals surface area contributed by atoms with Crippen LogP contribution in [0.2, 0.25) is 0 Å². The van der Waals surface area contributed by atoms with Gasteiger partial charge in [-0.1, -0.05) is 30.0 Å². The van der Waals surface area contributed by atoms with Crippen LogP contribution in [0.15, 0.2) is 78.1 Å². The van der Waals surface area contributed by atoms with Gasteiger partial charge in [-0.3, -0.25) is 0 Å². The number of thiophene rings is 1. The van der Waals surface area contributed by atoms with Crippen LogP contribution < -0.4 is 5.32 Å². The highest BCUT2D eigenvalue weighted by Gasteiger charge is 2.15. The average molecular weight is 447 g/mol. The van der Waals surface area contributed by atoms with Crippen LogP contribution in [-0.2, 0) is 6.54 Å². The molecule has 2 aromatic carbocycles. The summed E-state index contributed by atoms with van der Waals surface area (Å²) in [6.07, 6.45) is 3.76. The fourth-order valence-electron chi connectivity index (χ4n) is 3.46. The molecule has 0 aliphatic rings. The molecular weight excluding hydrogens is 427 g/mol. The standard InChI is InChI=1S/C24H19FN4S2/c1-30-24-28-22(15-6-8-18(25)9-7-15)23(29-24)17-10-11-26-21(13-17)27-14-19-12-16-4-2-3-5-20(16)31-19/h2-13H,14H2,1H3,(H,26,27)(H,28,29). The third-order valence-electron chi connectivity index (χ3n) is 4.96. The third kappa shape index (κ3) is 4.19. The normalized spacial score (nSPS) is 11.2. The van der Waals surface area contributed by atoms with E-state index in [1.165, 1.54) is 38.9 Å². The zero-order valence-electron chi connectivity index (χ0n) is 16.7. The number of rotatable bonds is 6. The fraction of sp³-hybridized carbons (Fsp3) is 0.0833. The molecule has 7 heteroatoms. The number of fused-ring (bicyclic) bond motifs is 1. The van der Waals surface area contributed by atoms with Crippen molar-refractivity contribution in [3.8, 4) is 22.5 Å². The Morgan fingerprint density at radius 2 is 1.87 bits per heavy atom. The third-order valence-corrected chi connectivity index (χ3v) is 6.66. The number of anilines is 1. The van der Waals surface area contributed by atoms with Gasteiger partial charge in [0.25, 0.3) is 0 Å². The number of nitrogens with zero attached hydrogens (tertiary/aromatic N) is 2. The number of benzene rings is 2. The predicted molar refractivity (Wildman–Crippen MR) is 128 cm³/mol. The molecule has 0 spiro atoms. The molecule has 3 heterocycles. The molecular formula is C24H19FN4S2. The van der Waals surface area contributed by atoms with E-state index in [0.717, 1.165) is 33.5 Å². The molecule has 2 N–H and O–H groups in total. The molecule has 0 saturated carbocycles. The summed E-state index contributed by atoms with van der Waals surface area (Å²) in [6, 6.07) is 21.0. The van der Waals surface area contributed by atoms with E-state index in [2.05, 4.69) is 45.6 Å². The Hall–Kier alpha value is -3.16. The first kappa shape index (κ1) is 19.8. The number of imidazole rings is 1. The minimum atomic E-state index is -0.258. The summed E-state index contributed by atoms with van der Waals surface area (Å²) < 4.78 is 14.7. The van der Waals surface area contributed by atoms with Gasteiger partial charge < -0.3 is 10.3 Å². The van der Waals surface area contributed by atoms with Crippen molar-refractivity contribution in [2.45, 2.75) is 11.7 Å². The van der Waals surface area contributed by atoms with Crippen molar-refractivity contribution in [3.63, 3.8) is 0 Å². The minimum absolute atomic E-state index is 0.258. The Labute approximate surface area is 187 Å². The quantitative estimate of drug-likeness (QED) is 0.281. The molecule has 5 rings (SSSR count). The van der Waals surface area contributed by atoms with Crippen molar-refractivity contribution < 1.29 is 4.39 Å². The van der Waals surface area contributed by atoms with Gasteiger partial charge in [-0.2, -0.15) is 0 Å². The number of aromatic amines is 1. The Balaban J connectivity index is 1.43. The summed E-state index contributed by atoms with van der Waals surface area (Å²) in [6.45, 7) is 0.706. The van der Waals surface area contributed by atoms with Crippen LogP contribution in [0.25, 0.3) is 32.6 Å². The first-order valence-corrected chi connectivity index (χ1v) is 11.8. The van der Waals surface area contributed by atoms with Crippen molar-refractivity contribution in [2.75, 3.05) is 11.6 Å². The highest BCUT2D eigenvalue weighted by molar-refractivity contribution is 7.98. The van der Waals surface area contributed by atoms with Crippen LogP contribution in [0.4, 0.5) is 10.2 Å². The second-order valence-electron chi connectivity index (χ2n) is 7.01. The molecule has 0 aliphatic heterocycles. The van der Waals surface area contributed by atoms with Gasteiger partial charge >= 0.3 is 0 Å². The predicted octanol–water partition coefficient (Wildman–Crippen LogP) is 6.83. The summed E-state index contributed by atoms with van der Waals surface area (Å²) in [5.74, 6) is 0.528. The Morgan fingerprint density at radius 1 is 1.03 bits per heavy atom. The highest BCUT2D eigenvalue weighted by Crippen LogP contribution is 2.33. The zero-order valence-corrected chi connectivity index (χ0v) is 18.4. The van der Waals surface area contributed by atoms with E-state index in [4.69, 9.17) is 4.98 Å². The van der Waals surface area contributed by atoms with Crippen LogP contribution >= 0.6 is 23.1 Å². The number of thioether (sulfide) groups is 1. The maximum Gasteiger partial charge on any atom is 0.166 e. The number of aromatic nitrogens is 3. The smallest absolute Gasteiger partial charge is 0.166 e. The zero-order chi connectivity index (χ0) is 21.2. The second-order valence-corrected chi connectivity index (χ2v) is 8.97. The Kier molecular flexibility index (Phi) is 5.44. The molecule has 5 aromatic rings. The monoisotopic (exact) mass is 446 g/mol. The molecule has 0 saturated heterocycles. The van der Waals surface area contributed by atoms with Gasteiger partial charge in [0.15, 0.2) is 5.16 Å². The summed E-state index contributed by atoms with van der Waals surface area (Å²) >= 11 is 3.32. The molecule has 154 valence electrons. The van der Waals surface area contributed by atoms with E-state index in [-0.39, 0.29) is 5.82 Å². The molecule has 0 aliphatic carbocycles. The van der Waals surface area contributed by atoms with E-state index in [1.54, 1.807) is 29.7 Å². The molecule has 0 radical (unpaired) electrons. The van der Waals surface area contributed by atoms with Gasteiger partial charge in [-0.15, -0.1) is 11.3 Å². The average Bonchev–Trinajstić information content (AvgIpc) is 3.42. The van der Waals surface area contributed by atoms with Crippen molar-refractivity contribution >= 4 is 39.0 Å². The minimum Gasteiger partial charge on any atom is -0.365 e. The number of hydrogen-bond acceptors (Lipinski definition) is 5. The van der Waals surface area contributed by atoms with Crippen molar-refractivity contribution in [2.24, 2.45) is 0 Å². The number of H-pyrrole nitrogens is 1. The molecule has 0 fully saturated rings. The summed E-state index contributed by atoms with van der Waals surface area (Å²) in [7, 11) is 0. The number of halogens is 1. The lowest BCUT2D eigenvalue weighted by atomic mass is 10.1. The van der Waals surface area contributed by atoms with E-state index < -0.39 is 0 Å². The van der Waals surface area contributed by atoms with Crippen LogP contribution in [0.5, 0.6) is 0 Å². The largest absolute Gasteiger partial charge is 0.365 e. The van der Waals surface area contributed by atoms with E-state index >= 15 is 0 Å². The maximum absolute atomic E-state index is 13.4. The summed E-state index contributed by atoms with van der Waals surface area (Å²) in [5.41, 5.74) is 3.53. The van der Waals surface area contributed by atoms with Gasteiger partial charge in [0.05, 0.1) is 17.9 Å². The van der Waals surface area contributed by atoms with Crippen molar-refractivity contribution in [1.29, 1.82) is 0 Å². The number of nitrogens with one attached hydrogen (secondary N) is 2. The fourth-order valence-corrected chi connectivity index (χ4v) is 4.85.